The van der Waals surface area contributed by atoms with E-state index >= 15 is 0 Å². The highest BCUT2D eigenvalue weighted by Gasteiger charge is 2.06. The van der Waals surface area contributed by atoms with Crippen LogP contribution in [0.3, 0.4) is 0 Å². The predicted octanol–water partition coefficient (Wildman–Crippen LogP) is 2.41. The molecule has 0 saturated heterocycles. The van der Waals surface area contributed by atoms with Crippen molar-refractivity contribution in [3.8, 4) is 0 Å². The highest BCUT2D eigenvalue weighted by atomic mass is 35.5. The number of benzene rings is 1. The number of carbonyl (C=O) groups is 1. The second kappa shape index (κ2) is 9.02. The fraction of sp³-hybridized carbons (Fsp3) is 0.462. The Balaban J connectivity index is 0.00000256. The molecule has 3 N–H and O–H groups in total. The maximum absolute atomic E-state index is 11.4. The molecule has 1 rings (SSSR count). The largest absolute Gasteiger partial charge is 0.354 e. The van der Waals surface area contributed by atoms with Crippen LogP contribution in [0.1, 0.15) is 37.8 Å². The summed E-state index contributed by atoms with van der Waals surface area (Å²) in [6.07, 6.45) is 2.57. The third kappa shape index (κ3) is 6.29. The SMILES string of the molecule is CCCCC(=O)NCC(N)c1ccccc1.Cl. The van der Waals surface area contributed by atoms with Crippen LogP contribution in [-0.4, -0.2) is 12.5 Å². The van der Waals surface area contributed by atoms with E-state index in [9.17, 15) is 4.79 Å². The van der Waals surface area contributed by atoms with Crippen LogP contribution in [-0.2, 0) is 4.79 Å². The van der Waals surface area contributed by atoms with Crippen LogP contribution >= 0.6 is 12.4 Å². The first-order valence-electron chi connectivity index (χ1n) is 5.81. The summed E-state index contributed by atoms with van der Waals surface area (Å²) in [5.41, 5.74) is 7.01. The number of amides is 1. The van der Waals surface area contributed by atoms with E-state index in [2.05, 4.69) is 12.2 Å². The molecule has 0 aliphatic rings. The lowest BCUT2D eigenvalue weighted by Crippen LogP contribution is -2.31. The van der Waals surface area contributed by atoms with E-state index in [1.807, 2.05) is 30.3 Å². The van der Waals surface area contributed by atoms with Gasteiger partial charge < -0.3 is 11.1 Å². The lowest BCUT2D eigenvalue weighted by atomic mass is 10.1. The first-order valence-corrected chi connectivity index (χ1v) is 5.81. The van der Waals surface area contributed by atoms with Gasteiger partial charge in [-0.25, -0.2) is 0 Å². The Kier molecular flexibility index (Phi) is 8.46. The van der Waals surface area contributed by atoms with Crippen LogP contribution < -0.4 is 11.1 Å². The highest BCUT2D eigenvalue weighted by molar-refractivity contribution is 5.85. The zero-order valence-electron chi connectivity index (χ0n) is 10.2. The molecule has 0 radical (unpaired) electrons. The first-order chi connectivity index (χ1) is 7.74. The van der Waals surface area contributed by atoms with Gasteiger partial charge in [-0.1, -0.05) is 43.7 Å². The minimum atomic E-state index is -0.119. The van der Waals surface area contributed by atoms with Gasteiger partial charge in [0.25, 0.3) is 0 Å². The molecule has 96 valence electrons. The summed E-state index contributed by atoms with van der Waals surface area (Å²) < 4.78 is 0. The average molecular weight is 257 g/mol. The van der Waals surface area contributed by atoms with Crippen molar-refractivity contribution >= 4 is 18.3 Å². The molecule has 0 saturated carbocycles. The van der Waals surface area contributed by atoms with Crippen molar-refractivity contribution in [2.45, 2.75) is 32.2 Å². The van der Waals surface area contributed by atoms with E-state index in [-0.39, 0.29) is 24.4 Å². The Morgan fingerprint density at radius 3 is 2.59 bits per heavy atom. The van der Waals surface area contributed by atoms with E-state index in [0.29, 0.717) is 13.0 Å². The molecule has 1 atom stereocenters. The second-order valence-corrected chi connectivity index (χ2v) is 3.92. The molecule has 0 heterocycles. The molecular formula is C13H21ClN2O. The van der Waals surface area contributed by atoms with Gasteiger partial charge in [0.05, 0.1) is 0 Å². The minimum absolute atomic E-state index is 0. The molecule has 0 bridgehead atoms. The number of hydrogen-bond acceptors (Lipinski definition) is 2. The number of nitrogens with one attached hydrogen (secondary N) is 1. The molecule has 1 unspecified atom stereocenters. The fourth-order valence-electron chi connectivity index (χ4n) is 1.47. The summed E-state index contributed by atoms with van der Waals surface area (Å²) >= 11 is 0. The van der Waals surface area contributed by atoms with Crippen molar-refractivity contribution in [3.63, 3.8) is 0 Å². The second-order valence-electron chi connectivity index (χ2n) is 3.92. The van der Waals surface area contributed by atoms with Gasteiger partial charge in [-0.2, -0.15) is 0 Å². The van der Waals surface area contributed by atoms with Gasteiger partial charge in [-0.3, -0.25) is 4.79 Å². The lowest BCUT2D eigenvalue weighted by Gasteiger charge is -2.12. The molecule has 0 aliphatic heterocycles. The fourth-order valence-corrected chi connectivity index (χ4v) is 1.47. The summed E-state index contributed by atoms with van der Waals surface area (Å²) in [7, 11) is 0. The van der Waals surface area contributed by atoms with Crippen LogP contribution in [0.15, 0.2) is 30.3 Å². The Morgan fingerprint density at radius 1 is 1.35 bits per heavy atom. The summed E-state index contributed by atoms with van der Waals surface area (Å²) in [5, 5.41) is 2.85. The van der Waals surface area contributed by atoms with Gasteiger partial charge in [0, 0.05) is 19.0 Å². The van der Waals surface area contributed by atoms with Gasteiger partial charge in [0.2, 0.25) is 5.91 Å². The van der Waals surface area contributed by atoms with Gasteiger partial charge in [0.15, 0.2) is 0 Å². The third-order valence-electron chi connectivity index (χ3n) is 2.50. The number of rotatable bonds is 6. The van der Waals surface area contributed by atoms with Gasteiger partial charge >= 0.3 is 0 Å². The Hall–Kier alpha value is -1.06. The standard InChI is InChI=1S/C13H20N2O.ClH/c1-2-3-9-13(16)15-10-12(14)11-7-5-4-6-8-11;/h4-8,12H,2-3,9-10,14H2,1H3,(H,15,16);1H. The summed E-state index contributed by atoms with van der Waals surface area (Å²) in [4.78, 5) is 11.4. The number of unbranched alkanes of at least 4 members (excludes halogenated alkanes) is 1. The van der Waals surface area contributed by atoms with E-state index in [1.165, 1.54) is 0 Å². The Labute approximate surface area is 109 Å². The molecule has 0 aromatic heterocycles. The molecule has 1 amide bonds. The van der Waals surface area contributed by atoms with Crippen molar-refractivity contribution in [1.82, 2.24) is 5.32 Å². The number of hydrogen-bond donors (Lipinski definition) is 2. The lowest BCUT2D eigenvalue weighted by molar-refractivity contribution is -0.121. The third-order valence-corrected chi connectivity index (χ3v) is 2.50. The molecule has 0 spiro atoms. The maximum atomic E-state index is 11.4. The number of nitrogens with two attached hydrogens (primary N) is 1. The van der Waals surface area contributed by atoms with Crippen molar-refractivity contribution in [2.75, 3.05) is 6.54 Å². The van der Waals surface area contributed by atoms with Crippen LogP contribution in [0.5, 0.6) is 0 Å². The first kappa shape index (κ1) is 15.9. The molecule has 3 nitrogen and oxygen atoms in total. The molecule has 17 heavy (non-hydrogen) atoms. The highest BCUT2D eigenvalue weighted by Crippen LogP contribution is 2.07. The number of halogens is 1. The van der Waals surface area contributed by atoms with E-state index in [4.69, 9.17) is 5.73 Å². The van der Waals surface area contributed by atoms with Crippen LogP contribution in [0, 0.1) is 0 Å². The van der Waals surface area contributed by atoms with E-state index < -0.39 is 0 Å². The summed E-state index contributed by atoms with van der Waals surface area (Å²) in [5.74, 6) is 0.0910. The van der Waals surface area contributed by atoms with Crippen molar-refractivity contribution < 1.29 is 4.79 Å². The normalized spacial score (nSPS) is 11.4. The average Bonchev–Trinajstić information content (AvgIpc) is 2.34. The molecule has 1 aromatic carbocycles. The van der Waals surface area contributed by atoms with Crippen molar-refractivity contribution in [3.05, 3.63) is 35.9 Å². The quantitative estimate of drug-likeness (QED) is 0.821. The van der Waals surface area contributed by atoms with Crippen LogP contribution in [0.25, 0.3) is 0 Å². The Morgan fingerprint density at radius 2 is 2.00 bits per heavy atom. The molecule has 0 aliphatic carbocycles. The van der Waals surface area contributed by atoms with E-state index in [1.54, 1.807) is 0 Å². The zero-order chi connectivity index (χ0) is 11.8. The van der Waals surface area contributed by atoms with E-state index in [0.717, 1.165) is 18.4 Å². The molecule has 1 aromatic rings. The van der Waals surface area contributed by atoms with Gasteiger partial charge in [-0.05, 0) is 12.0 Å². The molecule has 4 heteroatoms. The van der Waals surface area contributed by atoms with Gasteiger partial charge in [0.1, 0.15) is 0 Å². The Bertz CT molecular complexity index is 316. The molecule has 0 fully saturated rings. The maximum Gasteiger partial charge on any atom is 0.220 e. The predicted molar refractivity (Wildman–Crippen MR) is 73.2 cm³/mol. The van der Waals surface area contributed by atoms with Crippen molar-refractivity contribution in [2.24, 2.45) is 5.73 Å². The molecular weight excluding hydrogens is 236 g/mol. The van der Waals surface area contributed by atoms with Gasteiger partial charge in [-0.15, -0.1) is 12.4 Å². The monoisotopic (exact) mass is 256 g/mol. The van der Waals surface area contributed by atoms with Crippen LogP contribution in [0.4, 0.5) is 0 Å². The smallest absolute Gasteiger partial charge is 0.220 e. The summed E-state index contributed by atoms with van der Waals surface area (Å²) in [6, 6.07) is 9.69. The van der Waals surface area contributed by atoms with Crippen molar-refractivity contribution in [1.29, 1.82) is 0 Å². The topological polar surface area (TPSA) is 55.1 Å². The van der Waals surface area contributed by atoms with Crippen LogP contribution in [0.2, 0.25) is 0 Å². The zero-order valence-corrected chi connectivity index (χ0v) is 11.0. The minimum Gasteiger partial charge on any atom is -0.354 e. The summed E-state index contributed by atoms with van der Waals surface area (Å²) in [6.45, 7) is 2.58. The number of carbonyl (C=O) groups excluding carboxylic acids is 1.